The predicted octanol–water partition coefficient (Wildman–Crippen LogP) is 7.70. The average Bonchev–Trinajstić information content (AvgIpc) is 2.57. The summed E-state index contributed by atoms with van der Waals surface area (Å²) in [5.41, 5.74) is 2.68. The SMILES string of the molecule is C=CCCCCC(=C)C1CC(CC)(CC)CC(CC)(CC)C1. The molecule has 0 radical (unpaired) electrons. The molecule has 0 atom stereocenters. The van der Waals surface area contributed by atoms with Crippen LogP contribution in [0.1, 0.15) is 98.3 Å². The molecule has 0 aliphatic heterocycles. The minimum absolute atomic E-state index is 0.568. The van der Waals surface area contributed by atoms with Crippen LogP contribution in [-0.4, -0.2) is 0 Å². The van der Waals surface area contributed by atoms with E-state index in [1.807, 2.05) is 6.08 Å². The van der Waals surface area contributed by atoms with E-state index in [0.717, 1.165) is 12.3 Å². The van der Waals surface area contributed by atoms with Crippen molar-refractivity contribution < 1.29 is 0 Å². The van der Waals surface area contributed by atoms with Gasteiger partial charge in [-0.1, -0.05) is 71.6 Å². The van der Waals surface area contributed by atoms with Crippen LogP contribution < -0.4 is 0 Å². The van der Waals surface area contributed by atoms with Gasteiger partial charge in [0.2, 0.25) is 0 Å². The van der Waals surface area contributed by atoms with Crippen LogP contribution in [0.5, 0.6) is 0 Å². The van der Waals surface area contributed by atoms with Crippen LogP contribution in [0.3, 0.4) is 0 Å². The van der Waals surface area contributed by atoms with E-state index in [1.54, 1.807) is 5.57 Å². The summed E-state index contributed by atoms with van der Waals surface area (Å²) in [4.78, 5) is 0. The first-order valence-corrected chi connectivity index (χ1v) is 9.79. The fourth-order valence-electron chi connectivity index (χ4n) is 4.77. The Morgan fingerprint density at radius 3 is 1.86 bits per heavy atom. The van der Waals surface area contributed by atoms with Crippen LogP contribution in [0.4, 0.5) is 0 Å². The summed E-state index contributed by atoms with van der Waals surface area (Å²) in [5.74, 6) is 0.761. The monoisotopic (exact) mass is 304 g/mol. The van der Waals surface area contributed by atoms with Crippen molar-refractivity contribution in [2.75, 3.05) is 0 Å². The molecule has 0 saturated heterocycles. The number of hydrogen-bond acceptors (Lipinski definition) is 0. The lowest BCUT2D eigenvalue weighted by Gasteiger charge is -2.51. The van der Waals surface area contributed by atoms with Gasteiger partial charge in [-0.25, -0.2) is 0 Å². The van der Waals surface area contributed by atoms with Gasteiger partial charge in [-0.15, -0.1) is 6.58 Å². The molecule has 0 aromatic carbocycles. The highest BCUT2D eigenvalue weighted by atomic mass is 14.5. The molecule has 0 aromatic heterocycles. The summed E-state index contributed by atoms with van der Waals surface area (Å²) in [6.45, 7) is 18.0. The zero-order valence-corrected chi connectivity index (χ0v) is 15.8. The summed E-state index contributed by atoms with van der Waals surface area (Å²) >= 11 is 0. The molecule has 1 saturated carbocycles. The first kappa shape index (κ1) is 19.5. The highest BCUT2D eigenvalue weighted by Gasteiger charge is 2.45. The predicted molar refractivity (Wildman–Crippen MR) is 101 cm³/mol. The maximum absolute atomic E-state index is 4.52. The van der Waals surface area contributed by atoms with E-state index in [9.17, 15) is 0 Å². The molecule has 0 N–H and O–H groups in total. The summed E-state index contributed by atoms with van der Waals surface area (Å²) in [6, 6.07) is 0. The second kappa shape index (κ2) is 8.94. The van der Waals surface area contributed by atoms with Gasteiger partial charge < -0.3 is 0 Å². The summed E-state index contributed by atoms with van der Waals surface area (Å²) in [5, 5.41) is 0. The van der Waals surface area contributed by atoms with Crippen molar-refractivity contribution in [2.45, 2.75) is 98.3 Å². The summed E-state index contributed by atoms with van der Waals surface area (Å²) in [6.07, 6.45) is 16.6. The van der Waals surface area contributed by atoms with E-state index in [-0.39, 0.29) is 0 Å². The minimum atomic E-state index is 0.568. The molecule has 1 rings (SSSR count). The van der Waals surface area contributed by atoms with E-state index in [0.29, 0.717) is 10.8 Å². The van der Waals surface area contributed by atoms with Crippen molar-refractivity contribution >= 4 is 0 Å². The Labute approximate surface area is 140 Å². The van der Waals surface area contributed by atoms with Crippen molar-refractivity contribution in [1.29, 1.82) is 0 Å². The van der Waals surface area contributed by atoms with E-state index in [4.69, 9.17) is 0 Å². The Morgan fingerprint density at radius 2 is 1.45 bits per heavy atom. The molecule has 22 heavy (non-hydrogen) atoms. The Bertz CT molecular complexity index is 321. The molecule has 0 spiro atoms. The molecular formula is C22H40. The quantitative estimate of drug-likeness (QED) is 0.286. The number of allylic oxidation sites excluding steroid dienone is 2. The van der Waals surface area contributed by atoms with Crippen molar-refractivity contribution in [1.82, 2.24) is 0 Å². The van der Waals surface area contributed by atoms with Gasteiger partial charge in [0.05, 0.1) is 0 Å². The molecule has 0 unspecified atom stereocenters. The van der Waals surface area contributed by atoms with Gasteiger partial charge in [0.25, 0.3) is 0 Å². The van der Waals surface area contributed by atoms with Crippen LogP contribution in [0.2, 0.25) is 0 Å². The van der Waals surface area contributed by atoms with Crippen molar-refractivity contribution in [3.63, 3.8) is 0 Å². The largest absolute Gasteiger partial charge is 0.103 e. The highest BCUT2D eigenvalue weighted by Crippen LogP contribution is 2.56. The molecule has 1 fully saturated rings. The fourth-order valence-corrected chi connectivity index (χ4v) is 4.77. The molecule has 1 aliphatic rings. The van der Waals surface area contributed by atoms with E-state index >= 15 is 0 Å². The fraction of sp³-hybridized carbons (Fsp3) is 0.818. The lowest BCUT2D eigenvalue weighted by atomic mass is 9.54. The van der Waals surface area contributed by atoms with Gasteiger partial charge in [-0.3, -0.25) is 0 Å². The first-order chi connectivity index (χ1) is 10.5. The van der Waals surface area contributed by atoms with Gasteiger partial charge in [0.1, 0.15) is 0 Å². The molecule has 0 aromatic rings. The molecule has 0 nitrogen and oxygen atoms in total. The third-order valence-corrected chi connectivity index (χ3v) is 6.84. The molecule has 128 valence electrons. The maximum Gasteiger partial charge on any atom is -0.0195 e. The van der Waals surface area contributed by atoms with Gasteiger partial charge >= 0.3 is 0 Å². The van der Waals surface area contributed by atoms with Crippen LogP contribution in [0.15, 0.2) is 24.8 Å². The molecule has 1 aliphatic carbocycles. The smallest absolute Gasteiger partial charge is 0.0195 e. The van der Waals surface area contributed by atoms with Crippen molar-refractivity contribution in [3.8, 4) is 0 Å². The zero-order chi connectivity index (χ0) is 16.6. The molecule has 0 heterocycles. The molecular weight excluding hydrogens is 264 g/mol. The van der Waals surface area contributed by atoms with Crippen molar-refractivity contribution in [3.05, 3.63) is 24.8 Å². The van der Waals surface area contributed by atoms with Gasteiger partial charge in [0.15, 0.2) is 0 Å². The number of unbranched alkanes of at least 4 members (excludes halogenated alkanes) is 2. The Morgan fingerprint density at radius 1 is 0.955 bits per heavy atom. The number of hydrogen-bond donors (Lipinski definition) is 0. The standard InChI is InChI=1S/C22H40/c1-7-12-13-14-15-19(6)20-16-21(8-2,9-3)18-22(10-4,11-5)17-20/h7,20H,1,6,8-18H2,2-5H3. The van der Waals surface area contributed by atoms with Gasteiger partial charge in [-0.05, 0) is 61.7 Å². The Kier molecular flexibility index (Phi) is 7.94. The van der Waals surface area contributed by atoms with Crippen molar-refractivity contribution in [2.24, 2.45) is 16.7 Å². The van der Waals surface area contributed by atoms with E-state index in [1.165, 1.54) is 64.2 Å². The average molecular weight is 305 g/mol. The van der Waals surface area contributed by atoms with Crippen LogP contribution >= 0.6 is 0 Å². The van der Waals surface area contributed by atoms with E-state index in [2.05, 4.69) is 40.9 Å². The van der Waals surface area contributed by atoms with Gasteiger partial charge in [-0.2, -0.15) is 0 Å². The topological polar surface area (TPSA) is 0 Å². The third-order valence-electron chi connectivity index (χ3n) is 6.84. The second-order valence-electron chi connectivity index (χ2n) is 7.89. The summed E-state index contributed by atoms with van der Waals surface area (Å²) < 4.78 is 0. The zero-order valence-electron chi connectivity index (χ0n) is 15.8. The Balaban J connectivity index is 2.79. The molecule has 0 heteroatoms. The number of rotatable bonds is 10. The van der Waals surface area contributed by atoms with Crippen LogP contribution in [0, 0.1) is 16.7 Å². The second-order valence-corrected chi connectivity index (χ2v) is 7.89. The molecule has 0 amide bonds. The summed E-state index contributed by atoms with van der Waals surface area (Å²) in [7, 11) is 0. The normalized spacial score (nSPS) is 20.7. The lowest BCUT2D eigenvalue weighted by Crippen LogP contribution is -2.40. The minimum Gasteiger partial charge on any atom is -0.103 e. The van der Waals surface area contributed by atoms with Crippen LogP contribution in [-0.2, 0) is 0 Å². The lowest BCUT2D eigenvalue weighted by molar-refractivity contribution is 0.0157. The Hall–Kier alpha value is -0.520. The highest BCUT2D eigenvalue weighted by molar-refractivity contribution is 5.08. The van der Waals surface area contributed by atoms with E-state index < -0.39 is 0 Å². The first-order valence-electron chi connectivity index (χ1n) is 9.79. The maximum atomic E-state index is 4.52. The van der Waals surface area contributed by atoms with Gasteiger partial charge in [0, 0.05) is 0 Å². The molecule has 0 bridgehead atoms. The van der Waals surface area contributed by atoms with Crippen LogP contribution in [0.25, 0.3) is 0 Å². The third kappa shape index (κ3) is 4.74.